The lowest BCUT2D eigenvalue weighted by molar-refractivity contribution is 0.621. The van der Waals surface area contributed by atoms with Crippen LogP contribution in [0.5, 0.6) is 0 Å². The lowest BCUT2D eigenvalue weighted by atomic mass is 9.88. The van der Waals surface area contributed by atoms with E-state index in [-0.39, 0.29) is 23.9 Å². The van der Waals surface area contributed by atoms with Crippen LogP contribution in [-0.4, -0.2) is 71.2 Å². The Labute approximate surface area is 379 Å². The molecule has 16 heteroatoms. The number of hydrogen-bond donors (Lipinski definition) is 2. The van der Waals surface area contributed by atoms with E-state index in [2.05, 4.69) is 80.6 Å². The molecular weight excluding hydrogens is 835 g/mol. The van der Waals surface area contributed by atoms with Crippen LogP contribution in [0.3, 0.4) is 0 Å². The summed E-state index contributed by atoms with van der Waals surface area (Å²) in [6, 6.07) is 7.50. The molecule has 8 aromatic heterocycles. The van der Waals surface area contributed by atoms with E-state index < -0.39 is 11.6 Å². The summed E-state index contributed by atoms with van der Waals surface area (Å²) in [5.41, 5.74) is 15.8. The van der Waals surface area contributed by atoms with E-state index in [4.69, 9.17) is 19.9 Å². The molecule has 0 amide bonds. The van der Waals surface area contributed by atoms with E-state index in [0.717, 1.165) is 73.8 Å². The summed E-state index contributed by atoms with van der Waals surface area (Å²) in [5.74, 6) is 1.78. The minimum atomic E-state index is -0.413. The van der Waals surface area contributed by atoms with E-state index in [0.29, 0.717) is 34.7 Å². The molecule has 4 aliphatic rings. The van der Waals surface area contributed by atoms with Gasteiger partial charge in [-0.05, 0) is 121 Å². The maximum atomic E-state index is 13.9. The van der Waals surface area contributed by atoms with Crippen LogP contribution in [0.4, 0.5) is 20.7 Å². The van der Waals surface area contributed by atoms with Gasteiger partial charge in [-0.25, -0.2) is 18.7 Å². The van der Waals surface area contributed by atoms with Gasteiger partial charge in [0.25, 0.3) is 0 Å². The third-order valence-corrected chi connectivity index (χ3v) is 13.2. The van der Waals surface area contributed by atoms with Gasteiger partial charge in [0.15, 0.2) is 22.9 Å². The fourth-order valence-corrected chi connectivity index (χ4v) is 9.89. The number of allylic oxidation sites excluding steroid dienone is 2. The summed E-state index contributed by atoms with van der Waals surface area (Å²) in [5, 5.41) is 16.4. The van der Waals surface area contributed by atoms with E-state index >= 15 is 0 Å². The second-order valence-corrected chi connectivity index (χ2v) is 18.3. The molecule has 0 aliphatic heterocycles. The largest absolute Gasteiger partial charge is 0.351 e. The lowest BCUT2D eigenvalue weighted by Gasteiger charge is -2.26. The van der Waals surface area contributed by atoms with E-state index in [1.54, 1.807) is 21.4 Å². The average Bonchev–Trinajstić information content (AvgIpc) is 4.12. The van der Waals surface area contributed by atoms with Gasteiger partial charge in [0, 0.05) is 71.5 Å². The smallest absolute Gasteiger partial charge is 0.228 e. The highest BCUT2D eigenvalue weighted by molar-refractivity contribution is 5.78. The molecule has 0 bridgehead atoms. The van der Waals surface area contributed by atoms with Crippen molar-refractivity contribution in [2.24, 2.45) is 0 Å². The highest BCUT2D eigenvalue weighted by Crippen LogP contribution is 2.43. The van der Waals surface area contributed by atoms with Crippen LogP contribution < -0.4 is 10.6 Å². The maximum absolute atomic E-state index is 13.9. The predicted molar refractivity (Wildman–Crippen MR) is 248 cm³/mol. The molecule has 2 N–H and O–H groups in total. The second kappa shape index (κ2) is 16.9. The van der Waals surface area contributed by atoms with Gasteiger partial charge in [-0.1, -0.05) is 38.8 Å². The first-order valence-corrected chi connectivity index (χ1v) is 22.7. The maximum Gasteiger partial charge on any atom is 0.228 e. The van der Waals surface area contributed by atoms with Crippen molar-refractivity contribution in [2.45, 2.75) is 103 Å². The van der Waals surface area contributed by atoms with Crippen LogP contribution in [0.25, 0.3) is 45.2 Å². The number of nitrogens with one attached hydrogen (secondary N) is 2. The zero-order chi connectivity index (χ0) is 45.1. The Kier molecular flexibility index (Phi) is 10.6. The standard InChI is InChI=1S/2C25H24FN7/c2*1-14(2)22-13-29-33-24(22)31-23(17-8-18(26)12-28-11-17)32-25(33)30-19-4-3-15-7-16-10-27-6-5-20(16)21(15)9-19/h2*5-6,8,10-14,19H,3-4,7,9H2,1-2H3,(H,30,31,32)/t2*19-/m10/s1. The number of fused-ring (bicyclic) bond motifs is 6. The van der Waals surface area contributed by atoms with Gasteiger partial charge in [-0.3, -0.25) is 19.9 Å². The summed E-state index contributed by atoms with van der Waals surface area (Å²) in [6.45, 7) is 8.43. The Hall–Kier alpha value is -7.36. The Bertz CT molecular complexity index is 3030. The van der Waals surface area contributed by atoms with Crippen LogP contribution in [0, 0.1) is 11.6 Å². The van der Waals surface area contributed by atoms with Crippen molar-refractivity contribution in [3.05, 3.63) is 142 Å². The van der Waals surface area contributed by atoms with Crippen molar-refractivity contribution >= 4 is 34.3 Å². The van der Waals surface area contributed by atoms with Gasteiger partial charge in [-0.2, -0.15) is 29.2 Å². The van der Waals surface area contributed by atoms with Crippen LogP contribution in [-0.2, 0) is 12.8 Å². The summed E-state index contributed by atoms with van der Waals surface area (Å²) in [4.78, 5) is 35.5. The van der Waals surface area contributed by atoms with E-state index in [9.17, 15) is 8.78 Å². The average molecular weight is 883 g/mol. The molecule has 0 aromatic carbocycles. The summed E-state index contributed by atoms with van der Waals surface area (Å²) < 4.78 is 31.3. The van der Waals surface area contributed by atoms with Crippen molar-refractivity contribution in [1.82, 2.24) is 59.1 Å². The predicted octanol–water partition coefficient (Wildman–Crippen LogP) is 9.64. The number of hydrogen-bond acceptors (Lipinski definition) is 12. The van der Waals surface area contributed by atoms with Gasteiger partial charge >= 0.3 is 0 Å². The molecular formula is C50H48F2N14. The molecule has 0 fully saturated rings. The number of anilines is 2. The fraction of sp³-hybridized carbons (Fsp3) is 0.320. The van der Waals surface area contributed by atoms with Crippen molar-refractivity contribution in [2.75, 3.05) is 10.6 Å². The minimum Gasteiger partial charge on any atom is -0.351 e. The van der Waals surface area contributed by atoms with Crippen LogP contribution in [0.1, 0.15) is 111 Å². The first-order chi connectivity index (χ1) is 32.1. The molecule has 0 saturated carbocycles. The molecule has 0 radical (unpaired) electrons. The number of pyridine rings is 4. The number of halogens is 2. The molecule has 0 unspecified atom stereocenters. The molecule has 14 nitrogen and oxygen atoms in total. The molecule has 0 spiro atoms. The van der Waals surface area contributed by atoms with Gasteiger partial charge in [-0.15, -0.1) is 0 Å². The van der Waals surface area contributed by atoms with Crippen molar-refractivity contribution in [1.29, 1.82) is 0 Å². The highest BCUT2D eigenvalue weighted by atomic mass is 19.1. The topological polar surface area (TPSA) is 162 Å². The SMILES string of the molecule is CC(C)c1cnn2c(N[C@@H]3CCC4=C(C3)c3ccncc3C4)nc(-c3cncc(F)c3)nc12.CC(C)c1cnn2c(N[C@H]3CCC4=C(C3)c3ccncc3C4)nc(-c3cncc(F)c3)nc12. The molecule has 2 atom stereocenters. The lowest BCUT2D eigenvalue weighted by Crippen LogP contribution is -2.25. The molecule has 4 aliphatic carbocycles. The summed E-state index contributed by atoms with van der Waals surface area (Å²) in [7, 11) is 0. The Morgan fingerprint density at radius 2 is 1.02 bits per heavy atom. The van der Waals surface area contributed by atoms with Crippen LogP contribution >= 0.6 is 0 Å². The third kappa shape index (κ3) is 7.73. The number of aromatic nitrogens is 12. The van der Waals surface area contributed by atoms with Gasteiger partial charge in [0.05, 0.1) is 24.8 Å². The fourth-order valence-electron chi connectivity index (χ4n) is 9.89. The molecule has 332 valence electrons. The summed E-state index contributed by atoms with van der Waals surface area (Å²) >= 11 is 0. The molecule has 0 saturated heterocycles. The zero-order valence-electron chi connectivity index (χ0n) is 37.2. The quantitative estimate of drug-likeness (QED) is 0.149. The zero-order valence-corrected chi connectivity index (χ0v) is 37.2. The number of nitrogens with zero attached hydrogens (tertiary/aromatic N) is 12. The Balaban J connectivity index is 0.000000146. The first-order valence-electron chi connectivity index (χ1n) is 22.7. The molecule has 8 aromatic rings. The van der Waals surface area contributed by atoms with Gasteiger partial charge in [0.2, 0.25) is 11.9 Å². The second-order valence-electron chi connectivity index (χ2n) is 18.3. The van der Waals surface area contributed by atoms with E-state index in [1.165, 1.54) is 69.1 Å². The van der Waals surface area contributed by atoms with Crippen LogP contribution in [0.2, 0.25) is 0 Å². The van der Waals surface area contributed by atoms with Crippen LogP contribution in [0.15, 0.2) is 97.4 Å². The normalized spacial score (nSPS) is 17.5. The number of rotatable bonds is 8. The Morgan fingerprint density at radius 1 is 0.561 bits per heavy atom. The van der Waals surface area contributed by atoms with Crippen molar-refractivity contribution in [3.63, 3.8) is 0 Å². The monoisotopic (exact) mass is 882 g/mol. The van der Waals surface area contributed by atoms with Gasteiger partial charge in [0.1, 0.15) is 11.6 Å². The van der Waals surface area contributed by atoms with Gasteiger partial charge < -0.3 is 10.6 Å². The first kappa shape index (κ1) is 41.4. The Morgan fingerprint density at radius 3 is 1.44 bits per heavy atom. The molecule has 66 heavy (non-hydrogen) atoms. The summed E-state index contributed by atoms with van der Waals surface area (Å²) in [6.07, 6.45) is 24.9. The molecule has 12 rings (SSSR count). The van der Waals surface area contributed by atoms with Crippen molar-refractivity contribution < 1.29 is 8.78 Å². The van der Waals surface area contributed by atoms with E-state index in [1.807, 2.05) is 37.2 Å². The van der Waals surface area contributed by atoms with Crippen molar-refractivity contribution in [3.8, 4) is 22.8 Å². The minimum absolute atomic E-state index is 0.214. The highest BCUT2D eigenvalue weighted by Gasteiger charge is 2.31. The third-order valence-electron chi connectivity index (χ3n) is 13.2. The molecule has 8 heterocycles.